The standard InChI is InChI=1S/C13H15ClN2O3/c1-4-13(19)16(9(3)18)12-6-5-10(7-11(12)14)15-8(2)17/h5-7H,4H2,1-3H3,(H,15,17). The normalized spacial score (nSPS) is 9.89. The summed E-state index contributed by atoms with van der Waals surface area (Å²) in [6, 6.07) is 4.61. The van der Waals surface area contributed by atoms with Gasteiger partial charge in [0.05, 0.1) is 10.7 Å². The summed E-state index contributed by atoms with van der Waals surface area (Å²) in [4.78, 5) is 35.2. The predicted octanol–water partition coefficient (Wildman–Crippen LogP) is 2.59. The van der Waals surface area contributed by atoms with Crippen molar-refractivity contribution in [3.8, 4) is 0 Å². The van der Waals surface area contributed by atoms with Crippen LogP contribution in [0.3, 0.4) is 0 Å². The van der Waals surface area contributed by atoms with Gasteiger partial charge in [-0.1, -0.05) is 18.5 Å². The molecule has 0 radical (unpaired) electrons. The largest absolute Gasteiger partial charge is 0.326 e. The second kappa shape index (κ2) is 6.33. The average Bonchev–Trinajstić information content (AvgIpc) is 2.30. The Morgan fingerprint density at radius 3 is 2.32 bits per heavy atom. The van der Waals surface area contributed by atoms with Crippen molar-refractivity contribution in [1.29, 1.82) is 0 Å². The van der Waals surface area contributed by atoms with Crippen molar-refractivity contribution in [2.75, 3.05) is 10.2 Å². The molecule has 1 N–H and O–H groups in total. The van der Waals surface area contributed by atoms with Crippen LogP contribution in [0.1, 0.15) is 27.2 Å². The molecular weight excluding hydrogens is 268 g/mol. The van der Waals surface area contributed by atoms with Crippen molar-refractivity contribution >= 4 is 40.7 Å². The summed E-state index contributed by atoms with van der Waals surface area (Å²) in [6.07, 6.45) is 0.198. The van der Waals surface area contributed by atoms with Gasteiger partial charge in [-0.05, 0) is 18.2 Å². The molecule has 5 nitrogen and oxygen atoms in total. The first kappa shape index (κ1) is 15.2. The highest BCUT2D eigenvalue weighted by Crippen LogP contribution is 2.29. The van der Waals surface area contributed by atoms with Crippen molar-refractivity contribution in [2.24, 2.45) is 0 Å². The third-order valence-electron chi connectivity index (χ3n) is 2.38. The Bertz CT molecular complexity index is 529. The van der Waals surface area contributed by atoms with Crippen LogP contribution in [0.25, 0.3) is 0 Å². The van der Waals surface area contributed by atoms with Gasteiger partial charge in [-0.2, -0.15) is 0 Å². The summed E-state index contributed by atoms with van der Waals surface area (Å²) < 4.78 is 0. The maximum atomic E-state index is 11.7. The fourth-order valence-electron chi connectivity index (χ4n) is 1.61. The quantitative estimate of drug-likeness (QED) is 0.926. The molecule has 102 valence electrons. The summed E-state index contributed by atoms with van der Waals surface area (Å²) in [5.74, 6) is -0.959. The van der Waals surface area contributed by atoms with E-state index in [1.165, 1.54) is 26.0 Å². The van der Waals surface area contributed by atoms with E-state index in [4.69, 9.17) is 11.6 Å². The predicted molar refractivity (Wildman–Crippen MR) is 74.2 cm³/mol. The van der Waals surface area contributed by atoms with Crippen LogP contribution in [-0.4, -0.2) is 17.7 Å². The summed E-state index contributed by atoms with van der Waals surface area (Å²) in [5.41, 5.74) is 0.823. The SMILES string of the molecule is CCC(=O)N(C(C)=O)c1ccc(NC(C)=O)cc1Cl. The number of amides is 3. The van der Waals surface area contributed by atoms with Crippen LogP contribution in [0.2, 0.25) is 5.02 Å². The molecular formula is C13H15ClN2O3. The van der Waals surface area contributed by atoms with Crippen LogP contribution in [0.4, 0.5) is 11.4 Å². The van der Waals surface area contributed by atoms with Crippen molar-refractivity contribution in [3.63, 3.8) is 0 Å². The van der Waals surface area contributed by atoms with Crippen molar-refractivity contribution < 1.29 is 14.4 Å². The number of carbonyl (C=O) groups is 3. The van der Waals surface area contributed by atoms with Crippen molar-refractivity contribution in [1.82, 2.24) is 0 Å². The average molecular weight is 283 g/mol. The van der Waals surface area contributed by atoms with Gasteiger partial charge in [0.25, 0.3) is 0 Å². The molecule has 0 saturated carbocycles. The summed E-state index contributed by atoms with van der Waals surface area (Å²) in [5, 5.41) is 2.80. The third-order valence-corrected chi connectivity index (χ3v) is 2.68. The minimum Gasteiger partial charge on any atom is -0.326 e. The molecule has 1 aromatic rings. The summed E-state index contributed by atoms with van der Waals surface area (Å²) in [7, 11) is 0. The smallest absolute Gasteiger partial charge is 0.233 e. The highest BCUT2D eigenvalue weighted by Gasteiger charge is 2.21. The lowest BCUT2D eigenvalue weighted by atomic mass is 10.2. The molecule has 0 saturated heterocycles. The zero-order valence-corrected chi connectivity index (χ0v) is 11.7. The van der Waals surface area contributed by atoms with Gasteiger partial charge in [-0.15, -0.1) is 0 Å². The van der Waals surface area contributed by atoms with Gasteiger partial charge in [0.2, 0.25) is 17.7 Å². The van der Waals surface area contributed by atoms with E-state index in [-0.39, 0.29) is 23.3 Å². The molecule has 6 heteroatoms. The molecule has 0 fully saturated rings. The Morgan fingerprint density at radius 2 is 1.89 bits per heavy atom. The van der Waals surface area contributed by atoms with Gasteiger partial charge in [0, 0.05) is 26.0 Å². The zero-order chi connectivity index (χ0) is 14.6. The highest BCUT2D eigenvalue weighted by molar-refractivity contribution is 6.35. The number of halogens is 1. The highest BCUT2D eigenvalue weighted by atomic mass is 35.5. The Balaban J connectivity index is 3.15. The minimum absolute atomic E-state index is 0.198. The van der Waals surface area contributed by atoms with Crippen LogP contribution >= 0.6 is 11.6 Å². The molecule has 0 aliphatic carbocycles. The molecule has 1 rings (SSSR count). The maximum Gasteiger partial charge on any atom is 0.233 e. The third kappa shape index (κ3) is 3.79. The van der Waals surface area contributed by atoms with E-state index in [0.717, 1.165) is 4.90 Å². The van der Waals surface area contributed by atoms with E-state index in [2.05, 4.69) is 5.32 Å². The number of rotatable bonds is 3. The van der Waals surface area contributed by atoms with Crippen LogP contribution in [0, 0.1) is 0 Å². The van der Waals surface area contributed by atoms with E-state index in [0.29, 0.717) is 11.4 Å². The molecule has 1 aromatic carbocycles. The molecule has 0 aliphatic heterocycles. The van der Waals surface area contributed by atoms with Crippen molar-refractivity contribution in [2.45, 2.75) is 27.2 Å². The molecule has 0 bridgehead atoms. The number of benzene rings is 1. The second-order valence-corrected chi connectivity index (χ2v) is 4.36. The molecule has 0 aliphatic rings. The maximum absolute atomic E-state index is 11.7. The first-order valence-corrected chi connectivity index (χ1v) is 6.15. The number of anilines is 2. The first-order chi connectivity index (χ1) is 8.86. The monoisotopic (exact) mass is 282 g/mol. The Morgan fingerprint density at radius 1 is 1.26 bits per heavy atom. The lowest BCUT2D eigenvalue weighted by Gasteiger charge is -2.20. The van der Waals surface area contributed by atoms with Gasteiger partial charge in [-0.25, -0.2) is 4.90 Å². The number of nitrogens with one attached hydrogen (secondary N) is 1. The molecule has 0 spiro atoms. The molecule has 19 heavy (non-hydrogen) atoms. The molecule has 0 unspecified atom stereocenters. The Kier molecular flexibility index (Phi) is 5.06. The fraction of sp³-hybridized carbons (Fsp3) is 0.308. The first-order valence-electron chi connectivity index (χ1n) is 5.77. The Labute approximate surface area is 116 Å². The van der Waals surface area contributed by atoms with Gasteiger partial charge in [0.1, 0.15) is 0 Å². The van der Waals surface area contributed by atoms with Crippen LogP contribution in [0.15, 0.2) is 18.2 Å². The lowest BCUT2D eigenvalue weighted by molar-refractivity contribution is -0.125. The van der Waals surface area contributed by atoms with E-state index >= 15 is 0 Å². The Hall–Kier alpha value is -1.88. The van der Waals surface area contributed by atoms with E-state index in [1.54, 1.807) is 13.0 Å². The molecule has 0 heterocycles. The second-order valence-electron chi connectivity index (χ2n) is 3.95. The van der Waals surface area contributed by atoms with E-state index < -0.39 is 5.91 Å². The number of hydrogen-bond acceptors (Lipinski definition) is 3. The molecule has 0 aromatic heterocycles. The molecule has 3 amide bonds. The number of hydrogen-bond donors (Lipinski definition) is 1. The number of imide groups is 1. The summed E-state index contributed by atoms with van der Waals surface area (Å²) >= 11 is 6.06. The zero-order valence-electron chi connectivity index (χ0n) is 11.0. The van der Waals surface area contributed by atoms with Gasteiger partial charge in [-0.3, -0.25) is 14.4 Å². The van der Waals surface area contributed by atoms with Gasteiger partial charge >= 0.3 is 0 Å². The van der Waals surface area contributed by atoms with Crippen LogP contribution in [0.5, 0.6) is 0 Å². The van der Waals surface area contributed by atoms with Gasteiger partial charge < -0.3 is 5.32 Å². The fourth-order valence-corrected chi connectivity index (χ4v) is 1.87. The van der Waals surface area contributed by atoms with Crippen LogP contribution < -0.4 is 10.2 Å². The van der Waals surface area contributed by atoms with E-state index in [1.807, 2.05) is 0 Å². The number of carbonyl (C=O) groups excluding carboxylic acids is 3. The van der Waals surface area contributed by atoms with Gasteiger partial charge in [0.15, 0.2) is 0 Å². The topological polar surface area (TPSA) is 66.5 Å². The van der Waals surface area contributed by atoms with Crippen molar-refractivity contribution in [3.05, 3.63) is 23.2 Å². The molecule has 0 atom stereocenters. The number of nitrogens with zero attached hydrogens (tertiary/aromatic N) is 1. The lowest BCUT2D eigenvalue weighted by Crippen LogP contribution is -2.34. The van der Waals surface area contributed by atoms with E-state index in [9.17, 15) is 14.4 Å². The minimum atomic E-state index is -0.402. The van der Waals surface area contributed by atoms with Crippen LogP contribution in [-0.2, 0) is 14.4 Å². The summed E-state index contributed by atoms with van der Waals surface area (Å²) in [6.45, 7) is 4.34.